The van der Waals surface area contributed by atoms with E-state index in [1.807, 2.05) is 25.3 Å². The van der Waals surface area contributed by atoms with E-state index < -0.39 is 0 Å². The van der Waals surface area contributed by atoms with Crippen LogP contribution in [-0.4, -0.2) is 4.98 Å². The maximum atomic E-state index is 5.71. The van der Waals surface area contributed by atoms with E-state index in [9.17, 15) is 0 Å². The van der Waals surface area contributed by atoms with Gasteiger partial charge < -0.3 is 4.98 Å². The van der Waals surface area contributed by atoms with Crippen molar-refractivity contribution >= 4 is 11.6 Å². The van der Waals surface area contributed by atoms with Crippen LogP contribution in [0, 0.1) is 0 Å². The standard InChI is InChI=1S/C6H8ClN/c1-5(7)6-3-2-4-8-6/h2-5,8H,1H3/t5-/m1/s1. The van der Waals surface area contributed by atoms with Crippen molar-refractivity contribution in [2.24, 2.45) is 0 Å². The molecule has 0 aliphatic heterocycles. The molecule has 1 aromatic heterocycles. The van der Waals surface area contributed by atoms with Crippen LogP contribution < -0.4 is 0 Å². The SMILES string of the molecule is C[C@@H](Cl)c1ccc[nH]1. The molecule has 8 heavy (non-hydrogen) atoms. The van der Waals surface area contributed by atoms with Gasteiger partial charge in [-0.2, -0.15) is 0 Å². The topological polar surface area (TPSA) is 15.8 Å². The van der Waals surface area contributed by atoms with Crippen LogP contribution in [0.15, 0.2) is 18.3 Å². The van der Waals surface area contributed by atoms with Crippen LogP contribution in [0.1, 0.15) is 18.0 Å². The van der Waals surface area contributed by atoms with Gasteiger partial charge in [0.25, 0.3) is 0 Å². The highest BCUT2D eigenvalue weighted by molar-refractivity contribution is 6.20. The average molecular weight is 130 g/mol. The summed E-state index contributed by atoms with van der Waals surface area (Å²) in [6.45, 7) is 1.94. The molecule has 2 heteroatoms. The van der Waals surface area contributed by atoms with Gasteiger partial charge in [-0.1, -0.05) is 0 Å². The van der Waals surface area contributed by atoms with Gasteiger partial charge >= 0.3 is 0 Å². The molecule has 0 saturated carbocycles. The Morgan fingerprint density at radius 1 is 1.75 bits per heavy atom. The summed E-state index contributed by atoms with van der Waals surface area (Å²) in [6, 6.07) is 3.91. The zero-order chi connectivity index (χ0) is 5.98. The van der Waals surface area contributed by atoms with Crippen molar-refractivity contribution in [3.8, 4) is 0 Å². The van der Waals surface area contributed by atoms with Crippen molar-refractivity contribution in [3.05, 3.63) is 24.0 Å². The average Bonchev–Trinajstić information content (AvgIpc) is 2.12. The van der Waals surface area contributed by atoms with Gasteiger partial charge in [0.2, 0.25) is 0 Å². The third-order valence-electron chi connectivity index (χ3n) is 1.05. The van der Waals surface area contributed by atoms with Gasteiger partial charge in [-0.05, 0) is 19.1 Å². The zero-order valence-corrected chi connectivity index (χ0v) is 5.44. The van der Waals surface area contributed by atoms with Crippen LogP contribution in [0.2, 0.25) is 0 Å². The Morgan fingerprint density at radius 2 is 2.50 bits per heavy atom. The van der Waals surface area contributed by atoms with E-state index in [0.717, 1.165) is 5.69 Å². The highest BCUT2D eigenvalue weighted by Crippen LogP contribution is 2.15. The molecule has 0 aliphatic rings. The predicted molar refractivity (Wildman–Crippen MR) is 35.1 cm³/mol. The summed E-state index contributed by atoms with van der Waals surface area (Å²) >= 11 is 5.71. The molecular formula is C6H8ClN. The Kier molecular flexibility index (Phi) is 1.59. The van der Waals surface area contributed by atoms with Crippen LogP contribution in [0.4, 0.5) is 0 Å². The molecule has 44 valence electrons. The molecule has 0 aromatic carbocycles. The molecule has 1 N–H and O–H groups in total. The number of hydrogen-bond acceptors (Lipinski definition) is 0. The van der Waals surface area contributed by atoms with Gasteiger partial charge in [0.15, 0.2) is 0 Å². The number of halogens is 1. The first kappa shape index (κ1) is 5.70. The molecular weight excluding hydrogens is 122 g/mol. The molecule has 0 spiro atoms. The number of rotatable bonds is 1. The smallest absolute Gasteiger partial charge is 0.0707 e. The number of aromatic nitrogens is 1. The van der Waals surface area contributed by atoms with Crippen molar-refractivity contribution < 1.29 is 0 Å². The maximum Gasteiger partial charge on any atom is 0.0707 e. The largest absolute Gasteiger partial charge is 0.364 e. The van der Waals surface area contributed by atoms with Crippen LogP contribution >= 0.6 is 11.6 Å². The molecule has 0 radical (unpaired) electrons. The maximum absolute atomic E-state index is 5.71. The molecule has 1 atom stereocenters. The molecule has 0 saturated heterocycles. The van der Waals surface area contributed by atoms with Gasteiger partial charge in [-0.15, -0.1) is 11.6 Å². The first-order chi connectivity index (χ1) is 3.80. The second-order valence-electron chi connectivity index (χ2n) is 1.74. The van der Waals surface area contributed by atoms with E-state index in [4.69, 9.17) is 11.6 Å². The highest BCUT2D eigenvalue weighted by Gasteiger charge is 1.97. The molecule has 0 bridgehead atoms. The van der Waals surface area contributed by atoms with E-state index in [1.165, 1.54) is 0 Å². The minimum atomic E-state index is 0.102. The second kappa shape index (κ2) is 2.23. The zero-order valence-electron chi connectivity index (χ0n) is 4.69. The third-order valence-corrected chi connectivity index (χ3v) is 1.29. The summed E-state index contributed by atoms with van der Waals surface area (Å²) in [7, 11) is 0. The molecule has 0 aliphatic carbocycles. The lowest BCUT2D eigenvalue weighted by Crippen LogP contribution is -1.80. The van der Waals surface area contributed by atoms with Crippen molar-refractivity contribution in [2.75, 3.05) is 0 Å². The Bertz CT molecular complexity index is 144. The predicted octanol–water partition coefficient (Wildman–Crippen LogP) is 2.31. The summed E-state index contributed by atoms with van der Waals surface area (Å²) in [5.41, 5.74) is 1.08. The Balaban J connectivity index is 2.77. The van der Waals surface area contributed by atoms with Crippen molar-refractivity contribution in [1.82, 2.24) is 4.98 Å². The minimum Gasteiger partial charge on any atom is -0.364 e. The summed E-state index contributed by atoms with van der Waals surface area (Å²) in [6.07, 6.45) is 1.87. The van der Waals surface area contributed by atoms with E-state index >= 15 is 0 Å². The fraction of sp³-hybridized carbons (Fsp3) is 0.333. The monoisotopic (exact) mass is 129 g/mol. The van der Waals surface area contributed by atoms with Gasteiger partial charge in [-0.3, -0.25) is 0 Å². The lowest BCUT2D eigenvalue weighted by atomic mass is 10.3. The third kappa shape index (κ3) is 1.04. The first-order valence-corrected chi connectivity index (χ1v) is 3.01. The summed E-state index contributed by atoms with van der Waals surface area (Å²) < 4.78 is 0. The summed E-state index contributed by atoms with van der Waals surface area (Å²) in [5.74, 6) is 0. The molecule has 1 rings (SSSR count). The quantitative estimate of drug-likeness (QED) is 0.560. The van der Waals surface area contributed by atoms with E-state index in [1.54, 1.807) is 0 Å². The Hall–Kier alpha value is -0.430. The fourth-order valence-electron chi connectivity index (χ4n) is 0.592. The lowest BCUT2D eigenvalue weighted by molar-refractivity contribution is 1.02. The normalized spacial score (nSPS) is 13.8. The molecule has 0 amide bonds. The number of hydrogen-bond donors (Lipinski definition) is 1. The van der Waals surface area contributed by atoms with Crippen LogP contribution in [-0.2, 0) is 0 Å². The lowest BCUT2D eigenvalue weighted by Gasteiger charge is -1.94. The van der Waals surface area contributed by atoms with Crippen molar-refractivity contribution in [1.29, 1.82) is 0 Å². The van der Waals surface area contributed by atoms with Gasteiger partial charge in [0, 0.05) is 11.9 Å². The first-order valence-electron chi connectivity index (χ1n) is 2.58. The van der Waals surface area contributed by atoms with Crippen molar-refractivity contribution in [3.63, 3.8) is 0 Å². The fourth-order valence-corrected chi connectivity index (χ4v) is 0.727. The Labute approximate surface area is 53.7 Å². The van der Waals surface area contributed by atoms with Gasteiger partial charge in [-0.25, -0.2) is 0 Å². The van der Waals surface area contributed by atoms with Crippen molar-refractivity contribution in [2.45, 2.75) is 12.3 Å². The summed E-state index contributed by atoms with van der Waals surface area (Å²) in [5, 5.41) is 0.102. The van der Waals surface area contributed by atoms with E-state index in [0.29, 0.717) is 0 Å². The summed E-state index contributed by atoms with van der Waals surface area (Å²) in [4.78, 5) is 3.00. The minimum absolute atomic E-state index is 0.102. The van der Waals surface area contributed by atoms with Crippen LogP contribution in [0.25, 0.3) is 0 Å². The van der Waals surface area contributed by atoms with Gasteiger partial charge in [0.1, 0.15) is 0 Å². The Morgan fingerprint density at radius 3 is 2.75 bits per heavy atom. The second-order valence-corrected chi connectivity index (χ2v) is 2.40. The van der Waals surface area contributed by atoms with Gasteiger partial charge in [0.05, 0.1) is 5.38 Å². The van der Waals surface area contributed by atoms with E-state index in [-0.39, 0.29) is 5.38 Å². The molecule has 1 aromatic rings. The van der Waals surface area contributed by atoms with E-state index in [2.05, 4.69) is 4.98 Å². The van der Waals surface area contributed by atoms with Crippen LogP contribution in [0.3, 0.4) is 0 Å². The number of aromatic amines is 1. The molecule has 0 unspecified atom stereocenters. The number of nitrogens with one attached hydrogen (secondary N) is 1. The molecule has 0 fully saturated rings. The molecule has 1 heterocycles. The van der Waals surface area contributed by atoms with Crippen LogP contribution in [0.5, 0.6) is 0 Å². The number of H-pyrrole nitrogens is 1. The number of alkyl halides is 1. The highest BCUT2D eigenvalue weighted by atomic mass is 35.5. The molecule has 1 nitrogen and oxygen atoms in total.